The van der Waals surface area contributed by atoms with E-state index in [4.69, 9.17) is 0 Å². The number of aromatic nitrogens is 2. The number of hydrogen-bond acceptors (Lipinski definition) is 3. The number of carbonyl (C=O) groups is 1. The normalized spacial score (nSPS) is 17.2. The van der Waals surface area contributed by atoms with Gasteiger partial charge in [-0.05, 0) is 32.5 Å². The molecular weight excluding hydrogens is 242 g/mol. The predicted octanol–water partition coefficient (Wildman–Crippen LogP) is 0.620. The van der Waals surface area contributed by atoms with Crippen molar-refractivity contribution in [3.05, 3.63) is 18.5 Å². The minimum absolute atomic E-state index is 0.0655. The Labute approximate surface area is 114 Å². The van der Waals surface area contributed by atoms with Gasteiger partial charge in [-0.25, -0.2) is 4.79 Å². The zero-order valence-electron chi connectivity index (χ0n) is 11.6. The molecule has 2 heterocycles. The molecule has 2 amide bonds. The van der Waals surface area contributed by atoms with Gasteiger partial charge in [0.1, 0.15) is 0 Å². The summed E-state index contributed by atoms with van der Waals surface area (Å²) < 4.78 is 1.88. The van der Waals surface area contributed by atoms with Gasteiger partial charge in [0.25, 0.3) is 0 Å². The molecule has 106 valence electrons. The number of likely N-dealkylation sites (N-methyl/N-ethyl adjacent to an activating group) is 1. The van der Waals surface area contributed by atoms with E-state index in [1.54, 1.807) is 6.20 Å². The number of rotatable bonds is 4. The first kappa shape index (κ1) is 13.9. The van der Waals surface area contributed by atoms with E-state index in [0.29, 0.717) is 6.54 Å². The summed E-state index contributed by atoms with van der Waals surface area (Å²) in [6, 6.07) is 1.97. The third kappa shape index (κ3) is 4.55. The van der Waals surface area contributed by atoms with Gasteiger partial charge in [-0.1, -0.05) is 0 Å². The van der Waals surface area contributed by atoms with Gasteiger partial charge in [0.2, 0.25) is 0 Å². The first-order chi connectivity index (χ1) is 9.25. The van der Waals surface area contributed by atoms with Crippen LogP contribution in [0.2, 0.25) is 0 Å². The van der Waals surface area contributed by atoms with E-state index in [2.05, 4.69) is 22.4 Å². The van der Waals surface area contributed by atoms with E-state index in [1.165, 1.54) is 0 Å². The van der Waals surface area contributed by atoms with Crippen LogP contribution in [0.5, 0.6) is 0 Å². The molecule has 0 spiro atoms. The van der Waals surface area contributed by atoms with Crippen molar-refractivity contribution in [2.75, 3.05) is 39.8 Å². The van der Waals surface area contributed by atoms with Crippen molar-refractivity contribution in [1.82, 2.24) is 24.9 Å². The second-order valence-electron chi connectivity index (χ2n) is 5.00. The largest absolute Gasteiger partial charge is 0.338 e. The minimum atomic E-state index is 0.0655. The molecular formula is C13H23N5O. The van der Waals surface area contributed by atoms with Crippen molar-refractivity contribution < 1.29 is 4.79 Å². The van der Waals surface area contributed by atoms with E-state index < -0.39 is 0 Å². The second kappa shape index (κ2) is 7.13. The van der Waals surface area contributed by atoms with Crippen LogP contribution in [0.1, 0.15) is 12.8 Å². The van der Waals surface area contributed by atoms with Crippen LogP contribution in [-0.4, -0.2) is 65.4 Å². The smallest absolute Gasteiger partial charge is 0.317 e. The maximum Gasteiger partial charge on any atom is 0.317 e. The van der Waals surface area contributed by atoms with E-state index in [1.807, 2.05) is 21.8 Å². The molecule has 1 aliphatic heterocycles. The lowest BCUT2D eigenvalue weighted by Gasteiger charge is -2.21. The van der Waals surface area contributed by atoms with Gasteiger partial charge >= 0.3 is 6.03 Å². The average Bonchev–Trinajstić information content (AvgIpc) is 2.82. The van der Waals surface area contributed by atoms with Crippen molar-refractivity contribution in [3.63, 3.8) is 0 Å². The zero-order valence-corrected chi connectivity index (χ0v) is 11.6. The van der Waals surface area contributed by atoms with Gasteiger partial charge in [0, 0.05) is 45.1 Å². The molecule has 0 aliphatic carbocycles. The molecule has 0 aromatic carbocycles. The molecule has 1 aromatic rings. The van der Waals surface area contributed by atoms with E-state index in [0.717, 1.165) is 45.6 Å². The summed E-state index contributed by atoms with van der Waals surface area (Å²) in [5, 5.41) is 7.12. The minimum Gasteiger partial charge on any atom is -0.338 e. The van der Waals surface area contributed by atoms with Crippen LogP contribution in [-0.2, 0) is 6.54 Å². The maximum atomic E-state index is 12.0. The molecule has 1 saturated heterocycles. The van der Waals surface area contributed by atoms with Crippen LogP contribution >= 0.6 is 0 Å². The first-order valence-corrected chi connectivity index (χ1v) is 6.94. The SMILES string of the molecule is CN1CCCN(C(=O)NCCCn2cccn2)CC1. The molecule has 19 heavy (non-hydrogen) atoms. The highest BCUT2D eigenvalue weighted by molar-refractivity contribution is 5.74. The number of amides is 2. The van der Waals surface area contributed by atoms with Crippen LogP contribution in [0.4, 0.5) is 4.79 Å². The highest BCUT2D eigenvalue weighted by Crippen LogP contribution is 2.01. The van der Waals surface area contributed by atoms with Crippen LogP contribution in [0.15, 0.2) is 18.5 Å². The van der Waals surface area contributed by atoms with E-state index in [-0.39, 0.29) is 6.03 Å². The fourth-order valence-electron chi connectivity index (χ4n) is 2.23. The third-order valence-electron chi connectivity index (χ3n) is 3.41. The first-order valence-electron chi connectivity index (χ1n) is 6.94. The third-order valence-corrected chi connectivity index (χ3v) is 3.41. The average molecular weight is 265 g/mol. The van der Waals surface area contributed by atoms with Crippen LogP contribution in [0.3, 0.4) is 0 Å². The highest BCUT2D eigenvalue weighted by atomic mass is 16.2. The van der Waals surface area contributed by atoms with Gasteiger partial charge in [-0.3, -0.25) is 4.68 Å². The summed E-state index contributed by atoms with van der Waals surface area (Å²) in [4.78, 5) is 16.2. The topological polar surface area (TPSA) is 53.4 Å². The summed E-state index contributed by atoms with van der Waals surface area (Å²) in [7, 11) is 2.10. The fraction of sp³-hybridized carbons (Fsp3) is 0.692. The van der Waals surface area contributed by atoms with Crippen LogP contribution in [0, 0.1) is 0 Å². The van der Waals surface area contributed by atoms with Gasteiger partial charge in [0.05, 0.1) is 0 Å². The van der Waals surface area contributed by atoms with Crippen molar-refractivity contribution in [1.29, 1.82) is 0 Å². The lowest BCUT2D eigenvalue weighted by molar-refractivity contribution is 0.199. The lowest BCUT2D eigenvalue weighted by atomic mass is 10.4. The standard InChI is InChI=1S/C13H23N5O/c1-16-7-4-8-17(12-11-16)13(19)14-5-2-9-18-10-3-6-15-18/h3,6,10H,2,4-5,7-9,11-12H2,1H3,(H,14,19). The monoisotopic (exact) mass is 265 g/mol. The molecule has 1 aromatic heterocycles. The molecule has 1 aliphatic rings. The molecule has 0 atom stereocenters. The van der Waals surface area contributed by atoms with Gasteiger partial charge < -0.3 is 15.1 Å². The summed E-state index contributed by atoms with van der Waals surface area (Å²) in [6.07, 6.45) is 5.66. The Morgan fingerprint density at radius 1 is 1.32 bits per heavy atom. The molecule has 0 unspecified atom stereocenters. The Kier molecular flexibility index (Phi) is 5.20. The quantitative estimate of drug-likeness (QED) is 0.812. The molecule has 6 heteroatoms. The van der Waals surface area contributed by atoms with Gasteiger partial charge in [-0.2, -0.15) is 5.10 Å². The van der Waals surface area contributed by atoms with Crippen molar-refractivity contribution in [3.8, 4) is 0 Å². The number of nitrogens with zero attached hydrogens (tertiary/aromatic N) is 4. The fourth-order valence-corrected chi connectivity index (χ4v) is 2.23. The van der Waals surface area contributed by atoms with Gasteiger partial charge in [-0.15, -0.1) is 0 Å². The molecule has 0 bridgehead atoms. The Morgan fingerprint density at radius 3 is 3.00 bits per heavy atom. The van der Waals surface area contributed by atoms with Crippen LogP contribution < -0.4 is 5.32 Å². The number of hydrogen-bond donors (Lipinski definition) is 1. The van der Waals surface area contributed by atoms with Crippen molar-refractivity contribution in [2.24, 2.45) is 0 Å². The number of aryl methyl sites for hydroxylation is 1. The predicted molar refractivity (Wildman–Crippen MR) is 73.9 cm³/mol. The number of urea groups is 1. The Bertz CT molecular complexity index is 378. The summed E-state index contributed by atoms with van der Waals surface area (Å²) >= 11 is 0. The number of carbonyl (C=O) groups excluding carboxylic acids is 1. The number of nitrogens with one attached hydrogen (secondary N) is 1. The summed E-state index contributed by atoms with van der Waals surface area (Å²) in [5.41, 5.74) is 0. The van der Waals surface area contributed by atoms with E-state index >= 15 is 0 Å². The molecule has 2 rings (SSSR count). The molecule has 6 nitrogen and oxygen atoms in total. The summed E-state index contributed by atoms with van der Waals surface area (Å²) in [6.45, 7) is 5.25. The Morgan fingerprint density at radius 2 is 2.21 bits per heavy atom. The Hall–Kier alpha value is -1.56. The van der Waals surface area contributed by atoms with Crippen molar-refractivity contribution >= 4 is 6.03 Å². The molecule has 0 saturated carbocycles. The molecule has 1 fully saturated rings. The van der Waals surface area contributed by atoms with Crippen molar-refractivity contribution in [2.45, 2.75) is 19.4 Å². The van der Waals surface area contributed by atoms with Crippen LogP contribution in [0.25, 0.3) is 0 Å². The van der Waals surface area contributed by atoms with E-state index in [9.17, 15) is 4.79 Å². The Balaban J connectivity index is 1.63. The molecule has 1 N–H and O–H groups in total. The van der Waals surface area contributed by atoms with Gasteiger partial charge in [0.15, 0.2) is 0 Å². The lowest BCUT2D eigenvalue weighted by Crippen LogP contribution is -2.42. The molecule has 0 radical (unpaired) electrons. The highest BCUT2D eigenvalue weighted by Gasteiger charge is 2.16. The maximum absolute atomic E-state index is 12.0. The zero-order chi connectivity index (χ0) is 13.5. The second-order valence-corrected chi connectivity index (χ2v) is 5.00. The summed E-state index contributed by atoms with van der Waals surface area (Å²) in [5.74, 6) is 0.